The molecular formula is C28H38N8O2. The molecular weight excluding hydrogens is 480 g/mol. The van der Waals surface area contributed by atoms with Crippen molar-refractivity contribution >= 4 is 40.2 Å². The molecule has 0 spiro atoms. The summed E-state index contributed by atoms with van der Waals surface area (Å²) in [5, 5.41) is 10.6. The molecule has 5 rings (SSSR count). The summed E-state index contributed by atoms with van der Waals surface area (Å²) in [6, 6.07) is 5.87. The van der Waals surface area contributed by atoms with Gasteiger partial charge in [0.15, 0.2) is 0 Å². The highest BCUT2D eigenvalue weighted by Crippen LogP contribution is 2.30. The monoisotopic (exact) mass is 518 g/mol. The van der Waals surface area contributed by atoms with Crippen molar-refractivity contribution in [3.05, 3.63) is 41.9 Å². The van der Waals surface area contributed by atoms with E-state index in [2.05, 4.69) is 42.8 Å². The number of carbonyl (C=O) groups excluding carboxylic acids is 2. The molecule has 0 atom stereocenters. The van der Waals surface area contributed by atoms with Crippen LogP contribution in [0.1, 0.15) is 56.1 Å². The number of hydrogen-bond donors (Lipinski definition) is 4. The molecule has 0 radical (unpaired) electrons. The van der Waals surface area contributed by atoms with E-state index in [1.807, 2.05) is 36.3 Å². The second-order valence-electron chi connectivity index (χ2n) is 10.6. The molecule has 1 aliphatic heterocycles. The lowest BCUT2D eigenvalue weighted by molar-refractivity contribution is -0.129. The number of aromatic amines is 1. The normalized spacial score (nSPS) is 18.3. The highest BCUT2D eigenvalue weighted by atomic mass is 16.2. The third-order valence-corrected chi connectivity index (χ3v) is 7.62. The Bertz CT molecular complexity index is 1280. The number of anilines is 3. The number of nitrogens with zero attached hydrogens (tertiary/aromatic N) is 4. The van der Waals surface area contributed by atoms with Gasteiger partial charge in [-0.15, -0.1) is 0 Å². The fourth-order valence-electron chi connectivity index (χ4n) is 5.48. The highest BCUT2D eigenvalue weighted by molar-refractivity contribution is 5.93. The molecule has 202 valence electrons. The SMILES string of the molecule is CN1CCCN(C)C(=O)CCc2cc(ccc2NC(=O)NC2CCCCC2)Nc2ncnc3[nH]cc(c23)C1. The maximum Gasteiger partial charge on any atom is 0.319 e. The minimum Gasteiger partial charge on any atom is -0.346 e. The standard InChI is InChI=1S/C28H38N8O2/c1-35-13-6-14-36(2)24(37)12-9-19-15-22(32-27-25-20(17-35)16-29-26(25)30-18-31-27)10-11-23(19)34-28(38)33-21-7-4-3-5-8-21/h10-11,15-16,18,21H,3-9,12-14,17H2,1-2H3,(H2,33,34,38)(H2,29,30,31,32). The van der Waals surface area contributed by atoms with Crippen LogP contribution in [0, 0.1) is 0 Å². The van der Waals surface area contributed by atoms with Crippen LogP contribution < -0.4 is 16.0 Å². The Hall–Kier alpha value is -3.66. The number of nitrogens with one attached hydrogen (secondary N) is 4. The van der Waals surface area contributed by atoms with E-state index in [9.17, 15) is 9.59 Å². The molecule has 0 unspecified atom stereocenters. The van der Waals surface area contributed by atoms with Crippen molar-refractivity contribution in [2.75, 3.05) is 37.8 Å². The van der Waals surface area contributed by atoms with Crippen molar-refractivity contribution in [1.82, 2.24) is 30.1 Å². The lowest BCUT2D eigenvalue weighted by Crippen LogP contribution is -2.39. The van der Waals surface area contributed by atoms with Gasteiger partial charge in [-0.25, -0.2) is 14.8 Å². The number of rotatable bonds is 2. The zero-order valence-electron chi connectivity index (χ0n) is 22.3. The Labute approximate surface area is 223 Å². The Morgan fingerprint density at radius 1 is 1.03 bits per heavy atom. The van der Waals surface area contributed by atoms with Crippen LogP contribution in [0.4, 0.5) is 22.0 Å². The molecule has 1 saturated carbocycles. The van der Waals surface area contributed by atoms with Crippen molar-refractivity contribution < 1.29 is 9.59 Å². The number of aryl methyl sites for hydroxylation is 1. The van der Waals surface area contributed by atoms with Crippen molar-refractivity contribution in [1.29, 1.82) is 0 Å². The number of benzene rings is 1. The van der Waals surface area contributed by atoms with E-state index in [4.69, 9.17) is 0 Å². The summed E-state index contributed by atoms with van der Waals surface area (Å²) < 4.78 is 0. The fraction of sp³-hybridized carbons (Fsp3) is 0.500. The number of hydrogen-bond acceptors (Lipinski definition) is 6. The third-order valence-electron chi connectivity index (χ3n) is 7.62. The molecule has 3 aromatic rings. The van der Waals surface area contributed by atoms with Crippen LogP contribution in [0.2, 0.25) is 0 Å². The van der Waals surface area contributed by atoms with E-state index < -0.39 is 0 Å². The Kier molecular flexibility index (Phi) is 8.07. The molecule has 3 amide bonds. The quantitative estimate of drug-likeness (QED) is 0.400. The molecule has 2 aromatic heterocycles. The van der Waals surface area contributed by atoms with E-state index in [0.717, 1.165) is 84.5 Å². The molecule has 1 aliphatic carbocycles. The average Bonchev–Trinajstić information content (AvgIpc) is 3.32. The second kappa shape index (κ2) is 11.8. The summed E-state index contributed by atoms with van der Waals surface area (Å²) in [6.45, 7) is 2.30. The predicted octanol–water partition coefficient (Wildman–Crippen LogP) is 4.38. The Morgan fingerprint density at radius 2 is 1.87 bits per heavy atom. The molecule has 2 bridgehead atoms. The van der Waals surface area contributed by atoms with Crippen LogP contribution in [0.5, 0.6) is 0 Å². The maximum absolute atomic E-state index is 12.9. The van der Waals surface area contributed by atoms with Gasteiger partial charge in [-0.05, 0) is 68.6 Å². The molecule has 38 heavy (non-hydrogen) atoms. The van der Waals surface area contributed by atoms with E-state index in [1.165, 1.54) is 6.42 Å². The lowest BCUT2D eigenvalue weighted by atomic mass is 9.96. The van der Waals surface area contributed by atoms with E-state index in [1.54, 1.807) is 6.33 Å². The first-order valence-corrected chi connectivity index (χ1v) is 13.7. The number of amides is 3. The van der Waals surface area contributed by atoms with Gasteiger partial charge in [0.05, 0.1) is 5.39 Å². The molecule has 4 N–H and O–H groups in total. The summed E-state index contributed by atoms with van der Waals surface area (Å²) in [7, 11) is 3.95. The molecule has 2 aliphatic rings. The summed E-state index contributed by atoms with van der Waals surface area (Å²) >= 11 is 0. The van der Waals surface area contributed by atoms with Gasteiger partial charge in [-0.1, -0.05) is 19.3 Å². The largest absolute Gasteiger partial charge is 0.346 e. The van der Waals surface area contributed by atoms with Gasteiger partial charge in [0.25, 0.3) is 0 Å². The van der Waals surface area contributed by atoms with Crippen LogP contribution in [0.3, 0.4) is 0 Å². The van der Waals surface area contributed by atoms with Gasteiger partial charge in [-0.2, -0.15) is 0 Å². The molecule has 1 aromatic carbocycles. The van der Waals surface area contributed by atoms with Crippen LogP contribution in [-0.4, -0.2) is 69.9 Å². The molecule has 10 nitrogen and oxygen atoms in total. The van der Waals surface area contributed by atoms with Crippen LogP contribution in [0.15, 0.2) is 30.7 Å². The Morgan fingerprint density at radius 3 is 2.71 bits per heavy atom. The van der Waals surface area contributed by atoms with Gasteiger partial charge in [0.1, 0.15) is 17.8 Å². The number of H-pyrrole nitrogens is 1. The number of urea groups is 1. The molecule has 0 saturated heterocycles. The van der Waals surface area contributed by atoms with Gasteiger partial charge in [0.2, 0.25) is 5.91 Å². The lowest BCUT2D eigenvalue weighted by Gasteiger charge is -2.24. The zero-order valence-corrected chi connectivity index (χ0v) is 22.3. The van der Waals surface area contributed by atoms with Gasteiger partial charge in [0, 0.05) is 50.2 Å². The van der Waals surface area contributed by atoms with Crippen molar-refractivity contribution in [3.8, 4) is 0 Å². The molecule has 1 fully saturated rings. The summed E-state index contributed by atoms with van der Waals surface area (Å²) in [5.41, 5.74) is 4.36. The summed E-state index contributed by atoms with van der Waals surface area (Å²) in [6.07, 6.45) is 10.9. The third kappa shape index (κ3) is 6.24. The zero-order chi connectivity index (χ0) is 26.5. The molecule has 10 heteroatoms. The first kappa shape index (κ1) is 26.0. The van der Waals surface area contributed by atoms with Crippen LogP contribution in [0.25, 0.3) is 11.0 Å². The van der Waals surface area contributed by atoms with E-state index in [0.29, 0.717) is 19.4 Å². The smallest absolute Gasteiger partial charge is 0.319 e. The maximum atomic E-state index is 12.9. The van der Waals surface area contributed by atoms with Crippen molar-refractivity contribution in [2.45, 2.75) is 64.0 Å². The summed E-state index contributed by atoms with van der Waals surface area (Å²) in [5.74, 6) is 0.824. The molecule has 3 heterocycles. The van der Waals surface area contributed by atoms with Gasteiger partial charge < -0.3 is 30.7 Å². The topological polar surface area (TPSA) is 118 Å². The van der Waals surface area contributed by atoms with Crippen molar-refractivity contribution in [2.24, 2.45) is 0 Å². The van der Waals surface area contributed by atoms with Gasteiger partial charge in [-0.3, -0.25) is 4.79 Å². The first-order valence-electron chi connectivity index (χ1n) is 13.7. The minimum atomic E-state index is -0.192. The second-order valence-corrected chi connectivity index (χ2v) is 10.6. The minimum absolute atomic E-state index is 0.0983. The number of carbonyl (C=O) groups is 2. The summed E-state index contributed by atoms with van der Waals surface area (Å²) in [4.78, 5) is 42.0. The van der Waals surface area contributed by atoms with Crippen LogP contribution in [-0.2, 0) is 17.8 Å². The van der Waals surface area contributed by atoms with Crippen molar-refractivity contribution in [3.63, 3.8) is 0 Å². The Balaban J connectivity index is 1.44. The highest BCUT2D eigenvalue weighted by Gasteiger charge is 2.19. The fourth-order valence-corrected chi connectivity index (χ4v) is 5.48. The van der Waals surface area contributed by atoms with E-state index in [-0.39, 0.29) is 18.0 Å². The first-order chi connectivity index (χ1) is 18.5. The average molecular weight is 519 g/mol. The predicted molar refractivity (Wildman–Crippen MR) is 150 cm³/mol. The number of aromatic nitrogens is 3. The van der Waals surface area contributed by atoms with Gasteiger partial charge >= 0.3 is 6.03 Å². The number of fused-ring (bicyclic) bond motifs is 2. The van der Waals surface area contributed by atoms with E-state index >= 15 is 0 Å². The van der Waals surface area contributed by atoms with Crippen LogP contribution >= 0.6 is 0 Å².